The molecule has 0 bridgehead atoms. The molecule has 0 aliphatic rings. The van der Waals surface area contributed by atoms with Crippen molar-refractivity contribution in [3.8, 4) is 11.4 Å². The Bertz CT molecular complexity index is 1170. The summed E-state index contributed by atoms with van der Waals surface area (Å²) in [5, 5.41) is 3.88. The third kappa shape index (κ3) is 4.88. The van der Waals surface area contributed by atoms with Gasteiger partial charge < -0.3 is 9.88 Å². The van der Waals surface area contributed by atoms with Crippen LogP contribution in [0.3, 0.4) is 0 Å². The van der Waals surface area contributed by atoms with Gasteiger partial charge >= 0.3 is 0 Å². The van der Waals surface area contributed by atoms with Gasteiger partial charge in [0.15, 0.2) is 5.16 Å². The molecule has 2 heterocycles. The molecule has 2 aromatic heterocycles. The molecular formula is C24H25N5OS. The number of thioether (sulfide) groups is 1. The summed E-state index contributed by atoms with van der Waals surface area (Å²) < 4.78 is 3.99. The SMILES string of the molecule is Cc1ccc(C)c(-n2ccnc2SCC(=O)N[C@@H](C)c2ccc(-n3ccnc3)cc2)c1. The first-order valence-corrected chi connectivity index (χ1v) is 11.1. The molecule has 1 atom stereocenters. The van der Waals surface area contributed by atoms with Crippen molar-refractivity contribution in [2.75, 3.05) is 5.75 Å². The van der Waals surface area contributed by atoms with Crippen molar-refractivity contribution in [1.82, 2.24) is 24.4 Å². The van der Waals surface area contributed by atoms with Gasteiger partial charge in [0.1, 0.15) is 0 Å². The highest BCUT2D eigenvalue weighted by atomic mass is 32.2. The van der Waals surface area contributed by atoms with Gasteiger partial charge in [-0.15, -0.1) is 0 Å². The van der Waals surface area contributed by atoms with E-state index in [1.165, 1.54) is 22.9 Å². The first-order chi connectivity index (χ1) is 15.0. The molecule has 0 unspecified atom stereocenters. The standard InChI is InChI=1S/C24H25N5OS/c1-17-4-5-18(2)22(14-17)29-13-11-26-24(29)31-15-23(30)27-19(3)20-6-8-21(9-7-20)28-12-10-25-16-28/h4-14,16,19H,15H2,1-3H3,(H,27,30)/t19-/m0/s1. The fourth-order valence-electron chi connectivity index (χ4n) is 3.40. The lowest BCUT2D eigenvalue weighted by molar-refractivity contribution is -0.119. The van der Waals surface area contributed by atoms with Crippen LogP contribution in [0.2, 0.25) is 0 Å². The van der Waals surface area contributed by atoms with Crippen molar-refractivity contribution in [2.24, 2.45) is 0 Å². The molecule has 1 N–H and O–H groups in total. The maximum Gasteiger partial charge on any atom is 0.230 e. The van der Waals surface area contributed by atoms with Crippen LogP contribution < -0.4 is 5.32 Å². The van der Waals surface area contributed by atoms with E-state index in [1.54, 1.807) is 18.7 Å². The molecule has 1 amide bonds. The second-order valence-electron chi connectivity index (χ2n) is 7.51. The number of rotatable bonds is 7. The maximum absolute atomic E-state index is 12.6. The van der Waals surface area contributed by atoms with E-state index < -0.39 is 0 Å². The summed E-state index contributed by atoms with van der Waals surface area (Å²) in [6.45, 7) is 6.14. The predicted molar refractivity (Wildman–Crippen MR) is 124 cm³/mol. The number of hydrogen-bond donors (Lipinski definition) is 1. The number of nitrogens with zero attached hydrogens (tertiary/aromatic N) is 4. The van der Waals surface area contributed by atoms with Gasteiger partial charge in [0.25, 0.3) is 0 Å². The Hall–Kier alpha value is -3.32. The number of carbonyl (C=O) groups excluding carboxylic acids is 1. The van der Waals surface area contributed by atoms with Crippen molar-refractivity contribution in [3.63, 3.8) is 0 Å². The predicted octanol–water partition coefficient (Wildman–Crippen LogP) is 4.64. The summed E-state index contributed by atoms with van der Waals surface area (Å²) >= 11 is 1.44. The molecule has 0 aliphatic carbocycles. The maximum atomic E-state index is 12.6. The third-order valence-corrected chi connectivity index (χ3v) is 6.10. The lowest BCUT2D eigenvalue weighted by Crippen LogP contribution is -2.28. The van der Waals surface area contributed by atoms with Crippen molar-refractivity contribution >= 4 is 17.7 Å². The number of aromatic nitrogens is 4. The fraction of sp³-hybridized carbons (Fsp3) is 0.208. The Morgan fingerprint density at radius 2 is 1.90 bits per heavy atom. The van der Waals surface area contributed by atoms with Gasteiger partial charge in [0.2, 0.25) is 5.91 Å². The Kier molecular flexibility index (Phi) is 6.23. The van der Waals surface area contributed by atoms with Crippen LogP contribution in [0, 0.1) is 13.8 Å². The van der Waals surface area contributed by atoms with Crippen LogP contribution in [0.4, 0.5) is 0 Å². The molecule has 158 valence electrons. The average molecular weight is 432 g/mol. The van der Waals surface area contributed by atoms with Crippen molar-refractivity contribution in [1.29, 1.82) is 0 Å². The van der Waals surface area contributed by atoms with Crippen LogP contribution in [-0.2, 0) is 4.79 Å². The smallest absolute Gasteiger partial charge is 0.230 e. The van der Waals surface area contributed by atoms with Gasteiger partial charge in [0, 0.05) is 30.5 Å². The number of nitrogens with one attached hydrogen (secondary N) is 1. The van der Waals surface area contributed by atoms with E-state index in [0.29, 0.717) is 5.75 Å². The molecule has 2 aromatic carbocycles. The molecule has 0 spiro atoms. The second-order valence-corrected chi connectivity index (χ2v) is 8.45. The highest BCUT2D eigenvalue weighted by Gasteiger charge is 2.13. The minimum atomic E-state index is -0.0799. The molecule has 0 saturated heterocycles. The Balaban J connectivity index is 1.37. The van der Waals surface area contributed by atoms with Crippen molar-refractivity contribution in [3.05, 3.63) is 90.3 Å². The molecule has 4 aromatic rings. The summed E-state index contributed by atoms with van der Waals surface area (Å²) in [7, 11) is 0. The van der Waals surface area contributed by atoms with E-state index in [2.05, 4.69) is 47.3 Å². The number of hydrogen-bond acceptors (Lipinski definition) is 4. The molecule has 31 heavy (non-hydrogen) atoms. The van der Waals surface area contributed by atoms with E-state index >= 15 is 0 Å². The first-order valence-electron chi connectivity index (χ1n) is 10.1. The Morgan fingerprint density at radius 1 is 1.10 bits per heavy atom. The molecule has 0 aliphatic heterocycles. The highest BCUT2D eigenvalue weighted by Crippen LogP contribution is 2.24. The third-order valence-electron chi connectivity index (χ3n) is 5.14. The molecule has 0 saturated carbocycles. The lowest BCUT2D eigenvalue weighted by atomic mass is 10.1. The second kappa shape index (κ2) is 9.22. The zero-order valence-corrected chi connectivity index (χ0v) is 18.6. The summed E-state index contributed by atoms with van der Waals surface area (Å²) in [6.07, 6.45) is 9.12. The summed E-state index contributed by atoms with van der Waals surface area (Å²) in [5.41, 5.74) is 5.54. The first kappa shape index (κ1) is 20.9. The van der Waals surface area contributed by atoms with Crippen LogP contribution in [-0.4, -0.2) is 30.8 Å². The molecule has 7 heteroatoms. The summed E-state index contributed by atoms with van der Waals surface area (Å²) in [5.74, 6) is 0.283. The Morgan fingerprint density at radius 3 is 2.65 bits per heavy atom. The molecule has 0 fully saturated rings. The molecule has 6 nitrogen and oxygen atoms in total. The van der Waals surface area contributed by atoms with Crippen molar-refractivity contribution < 1.29 is 4.79 Å². The summed E-state index contributed by atoms with van der Waals surface area (Å²) in [6, 6.07) is 14.4. The van der Waals surface area contributed by atoms with Crippen LogP contribution in [0.1, 0.15) is 29.7 Å². The number of carbonyl (C=O) groups is 1. The van der Waals surface area contributed by atoms with Gasteiger partial charge in [-0.1, -0.05) is 36.0 Å². The fourth-order valence-corrected chi connectivity index (χ4v) is 4.18. The van der Waals surface area contributed by atoms with Crippen molar-refractivity contribution in [2.45, 2.75) is 32.0 Å². The molecule has 0 radical (unpaired) electrons. The van der Waals surface area contributed by atoms with E-state index in [4.69, 9.17) is 0 Å². The van der Waals surface area contributed by atoms with Crippen LogP contribution >= 0.6 is 11.8 Å². The van der Waals surface area contributed by atoms with Crippen LogP contribution in [0.25, 0.3) is 11.4 Å². The van der Waals surface area contributed by atoms with Gasteiger partial charge in [-0.25, -0.2) is 9.97 Å². The van der Waals surface area contributed by atoms with Gasteiger partial charge in [0.05, 0.1) is 23.8 Å². The normalized spacial score (nSPS) is 12.0. The molecule has 4 rings (SSSR count). The van der Waals surface area contributed by atoms with Gasteiger partial charge in [-0.05, 0) is 55.7 Å². The average Bonchev–Trinajstić information content (AvgIpc) is 3.46. The lowest BCUT2D eigenvalue weighted by Gasteiger charge is -2.15. The number of benzene rings is 2. The number of amides is 1. The topological polar surface area (TPSA) is 64.7 Å². The van der Waals surface area contributed by atoms with Gasteiger partial charge in [-0.2, -0.15) is 0 Å². The quantitative estimate of drug-likeness (QED) is 0.433. The largest absolute Gasteiger partial charge is 0.349 e. The summed E-state index contributed by atoms with van der Waals surface area (Å²) in [4.78, 5) is 21.1. The van der Waals surface area contributed by atoms with E-state index in [0.717, 1.165) is 22.1 Å². The van der Waals surface area contributed by atoms with Crippen LogP contribution in [0.15, 0.2) is 78.7 Å². The highest BCUT2D eigenvalue weighted by molar-refractivity contribution is 7.99. The zero-order chi connectivity index (χ0) is 21.8. The zero-order valence-electron chi connectivity index (χ0n) is 17.8. The monoisotopic (exact) mass is 431 g/mol. The minimum Gasteiger partial charge on any atom is -0.349 e. The van der Waals surface area contributed by atoms with E-state index in [9.17, 15) is 4.79 Å². The Labute approximate surface area is 186 Å². The van der Waals surface area contributed by atoms with Crippen LogP contribution in [0.5, 0.6) is 0 Å². The molecular weight excluding hydrogens is 406 g/mol. The number of aryl methyl sites for hydroxylation is 2. The van der Waals surface area contributed by atoms with E-state index in [1.807, 2.05) is 52.7 Å². The number of imidazole rings is 2. The van der Waals surface area contributed by atoms with E-state index in [-0.39, 0.29) is 11.9 Å². The van der Waals surface area contributed by atoms with Gasteiger partial charge in [-0.3, -0.25) is 9.36 Å². The minimum absolute atomic E-state index is 0.0216.